The molecule has 0 fully saturated rings. The van der Waals surface area contributed by atoms with E-state index in [9.17, 15) is 5.11 Å². The van der Waals surface area contributed by atoms with E-state index >= 15 is 0 Å². The second-order valence-corrected chi connectivity index (χ2v) is 1.99. The van der Waals surface area contributed by atoms with Crippen LogP contribution in [0.4, 0.5) is 0 Å². The van der Waals surface area contributed by atoms with Gasteiger partial charge in [0.1, 0.15) is 6.61 Å². The second kappa shape index (κ2) is 5.49. The lowest BCUT2D eigenvalue weighted by atomic mass is 10.6. The second-order valence-electron chi connectivity index (χ2n) is 1.99. The van der Waals surface area contributed by atoms with Crippen LogP contribution in [0.15, 0.2) is 0 Å². The Morgan fingerprint density at radius 1 is 1.27 bits per heavy atom. The minimum absolute atomic E-state index is 0.0356. The van der Waals surface area contributed by atoms with Gasteiger partial charge in [0.05, 0.1) is 0 Å². The van der Waals surface area contributed by atoms with Gasteiger partial charge < -0.3 is 19.3 Å². The van der Waals surface area contributed by atoms with Gasteiger partial charge in [0.15, 0.2) is 0 Å². The highest BCUT2D eigenvalue weighted by molar-refractivity contribution is 4.49. The van der Waals surface area contributed by atoms with Gasteiger partial charge in [-0.1, -0.05) is 0 Å². The van der Waals surface area contributed by atoms with Crippen LogP contribution in [-0.2, 0) is 14.2 Å². The van der Waals surface area contributed by atoms with Crippen molar-refractivity contribution < 1.29 is 19.3 Å². The summed E-state index contributed by atoms with van der Waals surface area (Å²) in [6.07, 6.45) is 0. The molecule has 1 atom stereocenters. The fourth-order valence-corrected chi connectivity index (χ4v) is 0.616. The number of rotatable bonds is 6. The molecule has 4 nitrogen and oxygen atoms in total. The third-order valence-electron chi connectivity index (χ3n) is 1.18. The molecule has 0 aromatic rings. The average molecular weight is 164 g/mol. The summed E-state index contributed by atoms with van der Waals surface area (Å²) < 4.78 is 14.5. The Balaban J connectivity index is 3.68. The van der Waals surface area contributed by atoms with Crippen molar-refractivity contribution in [2.45, 2.75) is 19.8 Å². The highest BCUT2D eigenvalue weighted by atomic mass is 16.8. The van der Waals surface area contributed by atoms with Crippen LogP contribution in [0.5, 0.6) is 0 Å². The van der Waals surface area contributed by atoms with Crippen LogP contribution in [0, 0.1) is 0 Å². The summed E-state index contributed by atoms with van der Waals surface area (Å²) in [6, 6.07) is 0. The third-order valence-corrected chi connectivity index (χ3v) is 1.18. The Hall–Kier alpha value is -0.160. The van der Waals surface area contributed by atoms with Crippen LogP contribution in [0.3, 0.4) is 0 Å². The molecule has 0 bridgehead atoms. The lowest BCUT2D eigenvalue weighted by molar-refractivity contribution is -0.365. The smallest absolute Gasteiger partial charge is 0.305 e. The highest BCUT2D eigenvalue weighted by Gasteiger charge is 2.26. The first-order valence-corrected chi connectivity index (χ1v) is 3.67. The van der Waals surface area contributed by atoms with Gasteiger partial charge in [-0.3, -0.25) is 0 Å². The Morgan fingerprint density at radius 3 is 2.27 bits per heavy atom. The molecular formula is C7H16O4. The molecule has 0 amide bonds. The van der Waals surface area contributed by atoms with Gasteiger partial charge in [-0.15, -0.1) is 0 Å². The molecule has 0 rings (SSSR count). The number of hydrogen-bond acceptors (Lipinski definition) is 4. The fourth-order valence-electron chi connectivity index (χ4n) is 0.616. The van der Waals surface area contributed by atoms with Crippen molar-refractivity contribution in [3.05, 3.63) is 0 Å². The lowest BCUT2D eigenvalue weighted by Gasteiger charge is -2.24. The van der Waals surface area contributed by atoms with Crippen molar-refractivity contribution in [1.29, 1.82) is 0 Å². The maximum absolute atomic E-state index is 9.38. The number of ether oxygens (including phenoxy) is 3. The van der Waals surface area contributed by atoms with E-state index in [4.69, 9.17) is 9.47 Å². The summed E-state index contributed by atoms with van der Waals surface area (Å²) in [4.78, 5) is 0. The summed E-state index contributed by atoms with van der Waals surface area (Å²) in [6.45, 7) is 4.56. The normalized spacial score (nSPS) is 16.4. The average Bonchev–Trinajstić information content (AvgIpc) is 2.02. The van der Waals surface area contributed by atoms with Crippen molar-refractivity contribution in [3.8, 4) is 0 Å². The zero-order valence-corrected chi connectivity index (χ0v) is 7.29. The van der Waals surface area contributed by atoms with E-state index in [0.717, 1.165) is 0 Å². The van der Waals surface area contributed by atoms with E-state index in [0.29, 0.717) is 13.2 Å². The summed E-state index contributed by atoms with van der Waals surface area (Å²) in [7, 11) is 1.37. The van der Waals surface area contributed by atoms with Crippen molar-refractivity contribution in [3.63, 3.8) is 0 Å². The third kappa shape index (κ3) is 4.31. The van der Waals surface area contributed by atoms with Crippen LogP contribution in [0.2, 0.25) is 0 Å². The molecule has 0 aromatic heterocycles. The predicted molar refractivity (Wildman–Crippen MR) is 40.1 cm³/mol. The van der Waals surface area contributed by atoms with Crippen molar-refractivity contribution in [2.75, 3.05) is 26.9 Å². The van der Waals surface area contributed by atoms with Gasteiger partial charge in [0, 0.05) is 20.3 Å². The van der Waals surface area contributed by atoms with Gasteiger partial charge >= 0.3 is 5.97 Å². The van der Waals surface area contributed by atoms with E-state index in [-0.39, 0.29) is 6.61 Å². The minimum Gasteiger partial charge on any atom is -0.373 e. The summed E-state index contributed by atoms with van der Waals surface area (Å²) in [5, 5.41) is 9.38. The molecule has 0 aromatic carbocycles. The Labute approximate surface area is 67.1 Å². The molecule has 0 heterocycles. The number of hydrogen-bond donors (Lipinski definition) is 1. The molecule has 0 radical (unpaired) electrons. The van der Waals surface area contributed by atoms with Crippen molar-refractivity contribution >= 4 is 0 Å². The molecule has 0 aliphatic rings. The Bertz CT molecular complexity index is 96.4. The molecule has 0 saturated heterocycles. The summed E-state index contributed by atoms with van der Waals surface area (Å²) in [5.74, 6) is -1.58. The van der Waals surface area contributed by atoms with E-state index < -0.39 is 5.97 Å². The van der Waals surface area contributed by atoms with Gasteiger partial charge in [0.2, 0.25) is 0 Å². The number of methoxy groups -OCH3 is 1. The molecule has 0 aliphatic heterocycles. The maximum atomic E-state index is 9.38. The molecular weight excluding hydrogens is 148 g/mol. The zero-order chi connectivity index (χ0) is 8.74. The predicted octanol–water partition coefficient (Wildman–Crippen LogP) is 0.352. The monoisotopic (exact) mass is 164 g/mol. The minimum atomic E-state index is -1.58. The molecule has 68 valence electrons. The summed E-state index contributed by atoms with van der Waals surface area (Å²) >= 11 is 0. The van der Waals surface area contributed by atoms with Crippen LogP contribution in [0.25, 0.3) is 0 Å². The molecule has 0 saturated carbocycles. The molecule has 1 unspecified atom stereocenters. The quantitative estimate of drug-likeness (QED) is 0.575. The van der Waals surface area contributed by atoms with E-state index in [1.165, 1.54) is 7.11 Å². The fraction of sp³-hybridized carbons (Fsp3) is 1.00. The summed E-state index contributed by atoms with van der Waals surface area (Å²) in [5.41, 5.74) is 0. The molecule has 4 heteroatoms. The van der Waals surface area contributed by atoms with Crippen LogP contribution in [-0.4, -0.2) is 38.0 Å². The zero-order valence-electron chi connectivity index (χ0n) is 7.29. The van der Waals surface area contributed by atoms with Gasteiger partial charge in [-0.05, 0) is 13.8 Å². The van der Waals surface area contributed by atoms with E-state index in [1.807, 2.05) is 6.92 Å². The SMILES string of the molecule is CCOCC(O)(OC)OCC. The highest BCUT2D eigenvalue weighted by Crippen LogP contribution is 2.07. The van der Waals surface area contributed by atoms with Crippen molar-refractivity contribution in [2.24, 2.45) is 0 Å². The standard InChI is InChI=1S/C7H16O4/c1-4-10-6-7(8,9-3)11-5-2/h8H,4-6H2,1-3H3. The van der Waals surface area contributed by atoms with Gasteiger partial charge in [0.25, 0.3) is 0 Å². The number of aliphatic hydroxyl groups is 1. The first-order valence-electron chi connectivity index (χ1n) is 3.67. The first kappa shape index (κ1) is 10.8. The molecule has 1 N–H and O–H groups in total. The first-order chi connectivity index (χ1) is 5.18. The Kier molecular flexibility index (Phi) is 5.41. The maximum Gasteiger partial charge on any atom is 0.305 e. The molecule has 0 spiro atoms. The van der Waals surface area contributed by atoms with Crippen LogP contribution >= 0.6 is 0 Å². The molecule has 0 aliphatic carbocycles. The lowest BCUT2D eigenvalue weighted by Crippen LogP contribution is -2.39. The van der Waals surface area contributed by atoms with Gasteiger partial charge in [-0.25, -0.2) is 0 Å². The van der Waals surface area contributed by atoms with E-state index in [1.54, 1.807) is 6.92 Å². The van der Waals surface area contributed by atoms with Crippen LogP contribution < -0.4 is 0 Å². The van der Waals surface area contributed by atoms with E-state index in [2.05, 4.69) is 4.74 Å². The van der Waals surface area contributed by atoms with Crippen molar-refractivity contribution in [1.82, 2.24) is 0 Å². The Morgan fingerprint density at radius 2 is 1.91 bits per heavy atom. The van der Waals surface area contributed by atoms with Crippen LogP contribution in [0.1, 0.15) is 13.8 Å². The molecule has 11 heavy (non-hydrogen) atoms. The topological polar surface area (TPSA) is 47.9 Å². The van der Waals surface area contributed by atoms with Gasteiger partial charge in [-0.2, -0.15) is 0 Å². The largest absolute Gasteiger partial charge is 0.373 e.